The van der Waals surface area contributed by atoms with Gasteiger partial charge in [-0.15, -0.1) is 0 Å². The molecular weight excluding hydrogens is 454 g/mol. The zero-order valence-corrected chi connectivity index (χ0v) is 22.3. The highest BCUT2D eigenvalue weighted by atomic mass is 32.1. The third-order valence-corrected chi connectivity index (χ3v) is 7.75. The van der Waals surface area contributed by atoms with Gasteiger partial charge in [-0.3, -0.25) is 14.6 Å². The summed E-state index contributed by atoms with van der Waals surface area (Å²) < 4.78 is 1.05. The number of hydrogen-bond acceptors (Lipinski definition) is 6. The first kappa shape index (κ1) is 25.6. The number of nitrogens with zero attached hydrogens (tertiary/aromatic N) is 3. The number of likely N-dealkylation sites (tertiary alicyclic amines) is 1. The van der Waals surface area contributed by atoms with Gasteiger partial charge in [0.25, 0.3) is 5.91 Å². The van der Waals surface area contributed by atoms with Crippen LogP contribution in [0.5, 0.6) is 0 Å². The number of fused-ring (bicyclic) bond motifs is 1. The maximum Gasteiger partial charge on any atom is 0.251 e. The van der Waals surface area contributed by atoms with E-state index in [1.165, 1.54) is 5.56 Å². The maximum absolute atomic E-state index is 12.7. The monoisotopic (exact) mass is 493 g/mol. The summed E-state index contributed by atoms with van der Waals surface area (Å²) in [4.78, 5) is 22.4. The van der Waals surface area contributed by atoms with Crippen LogP contribution in [0.15, 0.2) is 48.5 Å². The van der Waals surface area contributed by atoms with E-state index in [-0.39, 0.29) is 5.91 Å². The van der Waals surface area contributed by atoms with Crippen LogP contribution in [-0.2, 0) is 6.54 Å². The molecule has 0 spiro atoms. The Morgan fingerprint density at radius 1 is 1.09 bits per heavy atom. The van der Waals surface area contributed by atoms with Crippen LogP contribution in [0.1, 0.15) is 56.5 Å². The molecule has 2 heterocycles. The van der Waals surface area contributed by atoms with E-state index in [2.05, 4.69) is 78.5 Å². The van der Waals surface area contributed by atoms with E-state index < -0.39 is 0 Å². The number of aromatic nitrogens is 1. The zero-order valence-electron chi connectivity index (χ0n) is 21.5. The van der Waals surface area contributed by atoms with Crippen molar-refractivity contribution in [1.29, 1.82) is 0 Å². The molecule has 1 aliphatic heterocycles. The van der Waals surface area contributed by atoms with Crippen molar-refractivity contribution < 1.29 is 4.79 Å². The van der Waals surface area contributed by atoms with Gasteiger partial charge < -0.3 is 10.6 Å². The molecule has 6 nitrogen and oxygen atoms in total. The van der Waals surface area contributed by atoms with Crippen LogP contribution in [-0.4, -0.2) is 65.0 Å². The third kappa shape index (κ3) is 7.03. The molecule has 2 N–H and O–H groups in total. The summed E-state index contributed by atoms with van der Waals surface area (Å²) in [5.74, 6) is -0.0203. The first-order chi connectivity index (χ1) is 16.9. The maximum atomic E-state index is 12.7. The van der Waals surface area contributed by atoms with Gasteiger partial charge in [-0.1, -0.05) is 41.7 Å². The lowest BCUT2D eigenvalue weighted by Crippen LogP contribution is -2.42. The molecule has 4 rings (SSSR count). The van der Waals surface area contributed by atoms with Crippen molar-refractivity contribution in [2.24, 2.45) is 0 Å². The van der Waals surface area contributed by atoms with E-state index in [1.54, 1.807) is 11.3 Å². The Labute approximate surface area is 213 Å². The summed E-state index contributed by atoms with van der Waals surface area (Å²) in [6, 6.07) is 17.9. The Morgan fingerprint density at radius 2 is 1.80 bits per heavy atom. The normalized spacial score (nSPS) is 15.4. The van der Waals surface area contributed by atoms with Crippen LogP contribution in [0.25, 0.3) is 10.2 Å². The highest BCUT2D eigenvalue weighted by Crippen LogP contribution is 2.28. The lowest BCUT2D eigenvalue weighted by Gasteiger charge is -2.32. The number of anilines is 1. The summed E-state index contributed by atoms with van der Waals surface area (Å²) in [6.07, 6.45) is 2.22. The predicted octanol–water partition coefficient (Wildman–Crippen LogP) is 5.22. The van der Waals surface area contributed by atoms with Crippen LogP contribution in [0, 0.1) is 0 Å². The molecule has 1 fully saturated rings. The number of piperidine rings is 1. The molecule has 0 aliphatic carbocycles. The lowest BCUT2D eigenvalue weighted by atomic mass is 10.0. The molecule has 0 bridgehead atoms. The Hall–Kier alpha value is -2.48. The van der Waals surface area contributed by atoms with Crippen molar-refractivity contribution in [2.75, 3.05) is 31.5 Å². The number of nitrogens with one attached hydrogen (secondary N) is 2. The van der Waals surface area contributed by atoms with Crippen LogP contribution < -0.4 is 10.6 Å². The molecule has 7 heteroatoms. The SMILES string of the molecule is CC(C)N(CCNC(=O)c1ccc2nc(NC3CCN(Cc4ccccc4)CC3)sc2c1)C(C)C. The number of thiazole rings is 1. The van der Waals surface area contributed by atoms with Gasteiger partial charge in [-0.25, -0.2) is 4.98 Å². The number of benzene rings is 2. The molecule has 0 saturated carbocycles. The Bertz CT molecular complexity index is 1080. The van der Waals surface area contributed by atoms with Crippen molar-refractivity contribution in [3.05, 3.63) is 59.7 Å². The van der Waals surface area contributed by atoms with Gasteiger partial charge >= 0.3 is 0 Å². The van der Waals surface area contributed by atoms with Gasteiger partial charge in [0.1, 0.15) is 0 Å². The fourth-order valence-corrected chi connectivity index (χ4v) is 5.87. The van der Waals surface area contributed by atoms with Gasteiger partial charge in [0.05, 0.1) is 10.2 Å². The van der Waals surface area contributed by atoms with Gasteiger partial charge in [-0.05, 0) is 64.3 Å². The van der Waals surface area contributed by atoms with Crippen molar-refractivity contribution in [3.63, 3.8) is 0 Å². The smallest absolute Gasteiger partial charge is 0.251 e. The number of amides is 1. The van der Waals surface area contributed by atoms with E-state index in [0.717, 1.165) is 54.4 Å². The molecular formula is C28H39N5OS. The quantitative estimate of drug-likeness (QED) is 0.405. The summed E-state index contributed by atoms with van der Waals surface area (Å²) in [5.41, 5.74) is 3.02. The lowest BCUT2D eigenvalue weighted by molar-refractivity contribution is 0.0939. The summed E-state index contributed by atoms with van der Waals surface area (Å²) in [6.45, 7) is 13.5. The average Bonchev–Trinajstić information content (AvgIpc) is 3.24. The fraction of sp³-hybridized carbons (Fsp3) is 0.500. The van der Waals surface area contributed by atoms with Crippen LogP contribution in [0.2, 0.25) is 0 Å². The summed E-state index contributed by atoms with van der Waals surface area (Å²) >= 11 is 1.64. The minimum Gasteiger partial charge on any atom is -0.359 e. The zero-order chi connectivity index (χ0) is 24.8. The molecule has 3 aromatic rings. The van der Waals surface area contributed by atoms with E-state index in [4.69, 9.17) is 4.98 Å². The van der Waals surface area contributed by atoms with Crippen LogP contribution >= 0.6 is 11.3 Å². The number of rotatable bonds is 10. The Balaban J connectivity index is 1.28. The van der Waals surface area contributed by atoms with Gasteiger partial charge in [-0.2, -0.15) is 0 Å². The van der Waals surface area contributed by atoms with Gasteiger partial charge in [0, 0.05) is 56.4 Å². The van der Waals surface area contributed by atoms with E-state index in [1.807, 2.05) is 18.2 Å². The minimum absolute atomic E-state index is 0.0203. The molecule has 0 unspecified atom stereocenters. The second-order valence-corrected chi connectivity index (χ2v) is 11.1. The Kier molecular flexibility index (Phi) is 8.76. The molecule has 1 saturated heterocycles. The summed E-state index contributed by atoms with van der Waals surface area (Å²) in [5, 5.41) is 7.67. The second-order valence-electron chi connectivity index (χ2n) is 10.1. The van der Waals surface area contributed by atoms with E-state index in [9.17, 15) is 4.79 Å². The second kappa shape index (κ2) is 12.0. The largest absolute Gasteiger partial charge is 0.359 e. The molecule has 1 amide bonds. The first-order valence-corrected chi connectivity index (χ1v) is 13.7. The average molecular weight is 494 g/mol. The highest BCUT2D eigenvalue weighted by molar-refractivity contribution is 7.22. The van der Waals surface area contributed by atoms with Crippen molar-refractivity contribution in [3.8, 4) is 0 Å². The van der Waals surface area contributed by atoms with Crippen LogP contribution in [0.3, 0.4) is 0 Å². The van der Waals surface area contributed by atoms with Gasteiger partial charge in [0.15, 0.2) is 5.13 Å². The highest BCUT2D eigenvalue weighted by Gasteiger charge is 2.20. The standard InChI is InChI=1S/C28H39N5OS/c1-20(2)33(21(3)4)17-14-29-27(34)23-10-11-25-26(18-23)35-28(31-25)30-24-12-15-32(16-13-24)19-22-8-6-5-7-9-22/h5-11,18,20-21,24H,12-17,19H2,1-4H3,(H,29,34)(H,30,31). The van der Waals surface area contributed by atoms with E-state index in [0.29, 0.717) is 30.2 Å². The molecule has 1 aliphatic rings. The van der Waals surface area contributed by atoms with Gasteiger partial charge in [0.2, 0.25) is 0 Å². The fourth-order valence-electron chi connectivity index (χ4n) is 4.89. The number of carbonyl (C=O) groups is 1. The number of carbonyl (C=O) groups excluding carboxylic acids is 1. The first-order valence-electron chi connectivity index (χ1n) is 12.9. The van der Waals surface area contributed by atoms with Crippen molar-refractivity contribution in [2.45, 2.75) is 65.2 Å². The predicted molar refractivity (Wildman–Crippen MR) is 147 cm³/mol. The molecule has 188 valence electrons. The van der Waals surface area contributed by atoms with Crippen molar-refractivity contribution >= 4 is 32.6 Å². The molecule has 1 aromatic heterocycles. The molecule has 0 atom stereocenters. The number of hydrogen-bond donors (Lipinski definition) is 2. The Morgan fingerprint density at radius 3 is 2.49 bits per heavy atom. The van der Waals surface area contributed by atoms with E-state index >= 15 is 0 Å². The third-order valence-electron chi connectivity index (χ3n) is 6.80. The summed E-state index contributed by atoms with van der Waals surface area (Å²) in [7, 11) is 0. The van der Waals surface area contributed by atoms with Crippen molar-refractivity contribution in [1.82, 2.24) is 20.1 Å². The van der Waals surface area contributed by atoms with Crippen LogP contribution in [0.4, 0.5) is 5.13 Å². The molecule has 2 aromatic carbocycles. The minimum atomic E-state index is -0.0203. The topological polar surface area (TPSA) is 60.5 Å². The molecule has 0 radical (unpaired) electrons. The molecule has 35 heavy (non-hydrogen) atoms.